The molecule has 0 fully saturated rings. The number of amides is 1. The van der Waals surface area contributed by atoms with Crippen molar-refractivity contribution in [3.63, 3.8) is 0 Å². The number of nitrogens with zero attached hydrogens (tertiary/aromatic N) is 3. The molecule has 1 amide bonds. The highest BCUT2D eigenvalue weighted by atomic mass is 16.1. The Hall–Kier alpha value is -3.48. The van der Waals surface area contributed by atoms with E-state index in [2.05, 4.69) is 49.3 Å². The first kappa shape index (κ1) is 17.3. The van der Waals surface area contributed by atoms with E-state index in [1.54, 1.807) is 18.3 Å². The molecule has 0 aliphatic rings. The normalized spacial score (nSPS) is 10.3. The van der Waals surface area contributed by atoms with Crippen LogP contribution in [0.15, 0.2) is 48.7 Å². The molecule has 0 unspecified atom stereocenters. The highest BCUT2D eigenvalue weighted by molar-refractivity contribution is 5.88. The van der Waals surface area contributed by atoms with Crippen molar-refractivity contribution in [1.82, 2.24) is 15.2 Å². The van der Waals surface area contributed by atoms with Crippen molar-refractivity contribution < 1.29 is 4.79 Å². The van der Waals surface area contributed by atoms with Crippen molar-refractivity contribution in [2.45, 2.75) is 20.8 Å². The first-order valence-corrected chi connectivity index (χ1v) is 8.18. The predicted molar refractivity (Wildman–Crippen MR) is 103 cm³/mol. The summed E-state index contributed by atoms with van der Waals surface area (Å²) in [5.74, 6) is 0.877. The van der Waals surface area contributed by atoms with Gasteiger partial charge in [-0.05, 0) is 55.3 Å². The maximum Gasteiger partial charge on any atom is 0.249 e. The smallest absolute Gasteiger partial charge is 0.249 e. The van der Waals surface area contributed by atoms with Crippen molar-refractivity contribution in [2.24, 2.45) is 0 Å². The minimum absolute atomic E-state index is 0.108. The van der Waals surface area contributed by atoms with E-state index in [0.717, 1.165) is 28.2 Å². The van der Waals surface area contributed by atoms with Gasteiger partial charge >= 0.3 is 0 Å². The van der Waals surface area contributed by atoms with Gasteiger partial charge in [-0.3, -0.25) is 4.79 Å². The fourth-order valence-corrected chi connectivity index (χ4v) is 2.39. The van der Waals surface area contributed by atoms with Crippen molar-refractivity contribution in [1.29, 1.82) is 0 Å². The lowest BCUT2D eigenvalue weighted by molar-refractivity contribution is -0.114. The monoisotopic (exact) mass is 348 g/mol. The summed E-state index contributed by atoms with van der Waals surface area (Å²) < 4.78 is 0. The van der Waals surface area contributed by atoms with Crippen LogP contribution in [0.4, 0.5) is 28.8 Å². The van der Waals surface area contributed by atoms with Crippen molar-refractivity contribution in [3.05, 3.63) is 59.8 Å². The van der Waals surface area contributed by atoms with Gasteiger partial charge in [0, 0.05) is 24.0 Å². The molecule has 0 bridgehead atoms. The maximum atomic E-state index is 11.1. The summed E-state index contributed by atoms with van der Waals surface area (Å²) in [6, 6.07) is 13.5. The predicted octanol–water partition coefficient (Wildman–Crippen LogP) is 3.93. The van der Waals surface area contributed by atoms with E-state index in [9.17, 15) is 4.79 Å². The molecule has 3 aromatic rings. The molecule has 132 valence electrons. The Labute approximate surface area is 151 Å². The third-order valence-corrected chi connectivity index (χ3v) is 3.68. The fraction of sp³-hybridized carbons (Fsp3) is 0.158. The third-order valence-electron chi connectivity index (χ3n) is 3.68. The molecule has 3 rings (SSSR count). The lowest BCUT2D eigenvalue weighted by Crippen LogP contribution is -2.06. The quantitative estimate of drug-likeness (QED) is 0.647. The van der Waals surface area contributed by atoms with E-state index in [1.807, 2.05) is 26.0 Å². The van der Waals surface area contributed by atoms with Gasteiger partial charge in [-0.2, -0.15) is 10.1 Å². The number of nitrogens with one attached hydrogen (secondary N) is 3. The van der Waals surface area contributed by atoms with E-state index < -0.39 is 0 Å². The third kappa shape index (κ3) is 4.54. The van der Waals surface area contributed by atoms with Gasteiger partial charge in [0.25, 0.3) is 0 Å². The highest BCUT2D eigenvalue weighted by Crippen LogP contribution is 2.21. The molecule has 0 atom stereocenters. The largest absolute Gasteiger partial charge is 0.339 e. The number of hydrogen-bond acceptors (Lipinski definition) is 6. The van der Waals surface area contributed by atoms with Crippen LogP contribution in [-0.2, 0) is 4.79 Å². The Morgan fingerprint density at radius 3 is 2.42 bits per heavy atom. The van der Waals surface area contributed by atoms with Gasteiger partial charge < -0.3 is 16.0 Å². The molecule has 0 saturated carbocycles. The number of carbonyl (C=O) groups excluding carboxylic acids is 1. The molecule has 0 aliphatic heterocycles. The molecule has 0 aliphatic carbocycles. The van der Waals surface area contributed by atoms with Gasteiger partial charge in [0.1, 0.15) is 0 Å². The molecule has 2 aromatic carbocycles. The molecule has 1 aromatic heterocycles. The molecular weight excluding hydrogens is 328 g/mol. The second kappa shape index (κ2) is 7.60. The zero-order chi connectivity index (χ0) is 18.5. The van der Waals surface area contributed by atoms with Crippen LogP contribution >= 0.6 is 0 Å². The van der Waals surface area contributed by atoms with Gasteiger partial charge in [-0.15, -0.1) is 5.10 Å². The molecule has 0 saturated heterocycles. The average molecular weight is 348 g/mol. The van der Waals surface area contributed by atoms with Crippen LogP contribution in [-0.4, -0.2) is 21.1 Å². The number of benzene rings is 2. The second-order valence-corrected chi connectivity index (χ2v) is 5.99. The molecule has 7 nitrogen and oxygen atoms in total. The Kier molecular flexibility index (Phi) is 5.07. The molecule has 26 heavy (non-hydrogen) atoms. The van der Waals surface area contributed by atoms with Crippen molar-refractivity contribution in [2.75, 3.05) is 16.0 Å². The van der Waals surface area contributed by atoms with Crippen LogP contribution in [0.1, 0.15) is 18.1 Å². The highest BCUT2D eigenvalue weighted by Gasteiger charge is 2.05. The SMILES string of the molecule is CC(=O)Nc1ccc(Nc2nncc(Nc3cc(C)ccc3C)n2)cc1. The van der Waals surface area contributed by atoms with E-state index in [4.69, 9.17) is 0 Å². The number of aryl methyl sites for hydroxylation is 2. The fourth-order valence-electron chi connectivity index (χ4n) is 2.39. The Bertz CT molecular complexity index is 924. The summed E-state index contributed by atoms with van der Waals surface area (Å²) in [6.45, 7) is 5.55. The number of hydrogen-bond donors (Lipinski definition) is 3. The Morgan fingerprint density at radius 2 is 1.69 bits per heavy atom. The summed E-state index contributed by atoms with van der Waals surface area (Å²) >= 11 is 0. The first-order chi connectivity index (χ1) is 12.5. The van der Waals surface area contributed by atoms with E-state index in [0.29, 0.717) is 11.8 Å². The van der Waals surface area contributed by atoms with E-state index >= 15 is 0 Å². The summed E-state index contributed by atoms with van der Waals surface area (Å²) in [4.78, 5) is 15.5. The zero-order valence-corrected chi connectivity index (χ0v) is 14.9. The number of rotatable bonds is 5. The van der Waals surface area contributed by atoms with E-state index in [1.165, 1.54) is 6.92 Å². The molecule has 1 heterocycles. The van der Waals surface area contributed by atoms with Gasteiger partial charge in [0.05, 0.1) is 6.20 Å². The standard InChI is InChI=1S/C19H20N6O/c1-12-4-5-13(2)17(10-12)23-18-11-20-25-19(24-18)22-16-8-6-15(7-9-16)21-14(3)26/h4-11H,1-3H3,(H,21,26)(H2,22,23,24,25). The van der Waals surface area contributed by atoms with Crippen LogP contribution in [0.2, 0.25) is 0 Å². The van der Waals surface area contributed by atoms with Crippen LogP contribution in [0.3, 0.4) is 0 Å². The van der Waals surface area contributed by atoms with Crippen LogP contribution in [0.25, 0.3) is 0 Å². The second-order valence-electron chi connectivity index (χ2n) is 5.99. The summed E-state index contributed by atoms with van der Waals surface area (Å²) in [5, 5.41) is 17.1. The zero-order valence-electron chi connectivity index (χ0n) is 14.9. The van der Waals surface area contributed by atoms with E-state index in [-0.39, 0.29) is 5.91 Å². The lowest BCUT2D eigenvalue weighted by atomic mass is 10.1. The first-order valence-electron chi connectivity index (χ1n) is 8.18. The van der Waals surface area contributed by atoms with Crippen molar-refractivity contribution >= 4 is 34.7 Å². The minimum atomic E-state index is -0.108. The van der Waals surface area contributed by atoms with Crippen LogP contribution in [0.5, 0.6) is 0 Å². The summed E-state index contributed by atoms with van der Waals surface area (Å²) in [5.41, 5.74) is 4.79. The number of anilines is 5. The van der Waals surface area contributed by atoms with Crippen LogP contribution < -0.4 is 16.0 Å². The summed E-state index contributed by atoms with van der Waals surface area (Å²) in [6.07, 6.45) is 1.58. The minimum Gasteiger partial charge on any atom is -0.339 e. The molecule has 7 heteroatoms. The van der Waals surface area contributed by atoms with Gasteiger partial charge in [0.2, 0.25) is 11.9 Å². The lowest BCUT2D eigenvalue weighted by Gasteiger charge is -2.11. The van der Waals surface area contributed by atoms with Gasteiger partial charge in [-0.25, -0.2) is 0 Å². The molecule has 0 radical (unpaired) electrons. The molecule has 3 N–H and O–H groups in total. The maximum absolute atomic E-state index is 11.1. The average Bonchev–Trinajstić information content (AvgIpc) is 2.60. The number of carbonyl (C=O) groups is 1. The van der Waals surface area contributed by atoms with Gasteiger partial charge in [0.15, 0.2) is 5.82 Å². The summed E-state index contributed by atoms with van der Waals surface area (Å²) in [7, 11) is 0. The topological polar surface area (TPSA) is 91.8 Å². The Morgan fingerprint density at radius 1 is 0.962 bits per heavy atom. The molecule has 0 spiro atoms. The molecular formula is C19H20N6O. The van der Waals surface area contributed by atoms with Crippen molar-refractivity contribution in [3.8, 4) is 0 Å². The van der Waals surface area contributed by atoms with Crippen LogP contribution in [0, 0.1) is 13.8 Å². The Balaban J connectivity index is 1.73. The number of aromatic nitrogens is 3. The van der Waals surface area contributed by atoms with Gasteiger partial charge in [-0.1, -0.05) is 12.1 Å².